The fourth-order valence-corrected chi connectivity index (χ4v) is 3.60. The third kappa shape index (κ3) is 3.89. The van der Waals surface area contributed by atoms with E-state index in [4.69, 9.17) is 9.73 Å². The number of halogens is 2. The van der Waals surface area contributed by atoms with Gasteiger partial charge in [-0.2, -0.15) is 8.78 Å². The molecule has 0 saturated heterocycles. The molecule has 0 saturated carbocycles. The molecule has 0 N–H and O–H groups in total. The highest BCUT2D eigenvalue weighted by Crippen LogP contribution is 2.39. The quantitative estimate of drug-likeness (QED) is 0.611. The monoisotopic (exact) mass is 394 g/mol. The topological polar surface area (TPSA) is 43.7 Å². The van der Waals surface area contributed by atoms with Crippen LogP contribution in [0.1, 0.15) is 16.7 Å². The summed E-state index contributed by atoms with van der Waals surface area (Å²) in [4.78, 5) is 9.01. The molecule has 0 radical (unpaired) electrons. The Morgan fingerprint density at radius 1 is 1.03 bits per heavy atom. The van der Waals surface area contributed by atoms with Gasteiger partial charge in [0.05, 0.1) is 13.2 Å². The zero-order valence-corrected chi connectivity index (χ0v) is 15.9. The number of aromatic nitrogens is 1. The molecule has 0 amide bonds. The van der Waals surface area contributed by atoms with Crippen molar-refractivity contribution in [2.45, 2.75) is 19.1 Å². The molecular weight excluding hydrogens is 374 g/mol. The molecule has 0 spiro atoms. The summed E-state index contributed by atoms with van der Waals surface area (Å²) in [6, 6.07) is 17.1. The van der Waals surface area contributed by atoms with E-state index >= 15 is 0 Å². The maximum Gasteiger partial charge on any atom is 0.387 e. The van der Waals surface area contributed by atoms with Gasteiger partial charge in [0, 0.05) is 18.6 Å². The Balaban J connectivity index is 1.80. The van der Waals surface area contributed by atoms with Crippen molar-refractivity contribution < 1.29 is 18.3 Å². The Morgan fingerprint density at radius 3 is 2.55 bits per heavy atom. The van der Waals surface area contributed by atoms with Crippen LogP contribution < -0.4 is 4.74 Å². The van der Waals surface area contributed by atoms with Crippen molar-refractivity contribution in [2.24, 2.45) is 4.99 Å². The second kappa shape index (κ2) is 8.09. The summed E-state index contributed by atoms with van der Waals surface area (Å²) in [5.41, 5.74) is 3.69. The third-order valence-corrected chi connectivity index (χ3v) is 5.02. The molecule has 6 heteroatoms. The fourth-order valence-electron chi connectivity index (χ4n) is 3.60. The first-order chi connectivity index (χ1) is 14.1. The maximum atomic E-state index is 12.6. The molecule has 1 unspecified atom stereocenters. The molecule has 0 aliphatic carbocycles. The van der Waals surface area contributed by atoms with Gasteiger partial charge in [0.25, 0.3) is 0 Å². The summed E-state index contributed by atoms with van der Waals surface area (Å²) < 4.78 is 35.6. The Morgan fingerprint density at radius 2 is 1.86 bits per heavy atom. The van der Waals surface area contributed by atoms with Gasteiger partial charge in [-0.25, -0.2) is 0 Å². The highest BCUT2D eigenvalue weighted by Gasteiger charge is 2.36. The molecule has 0 fully saturated rings. The van der Waals surface area contributed by atoms with Crippen molar-refractivity contribution in [1.82, 2.24) is 4.98 Å². The average molecular weight is 394 g/mol. The SMILES string of the molecule is Cc1cc(C2(c3cccc(-c4cccnc4)c3)COCC=N2)ccc1OC(F)F. The second-order valence-electron chi connectivity index (χ2n) is 6.87. The van der Waals surface area contributed by atoms with Crippen LogP contribution in [0.3, 0.4) is 0 Å². The smallest absolute Gasteiger partial charge is 0.387 e. The van der Waals surface area contributed by atoms with Crippen LogP contribution in [0, 0.1) is 6.92 Å². The molecular formula is C23H20F2N2O2. The molecule has 1 aliphatic heterocycles. The number of benzene rings is 2. The van der Waals surface area contributed by atoms with E-state index in [1.807, 2.05) is 42.6 Å². The lowest BCUT2D eigenvalue weighted by molar-refractivity contribution is -0.0503. The largest absolute Gasteiger partial charge is 0.435 e. The summed E-state index contributed by atoms with van der Waals surface area (Å²) >= 11 is 0. The number of hydrogen-bond donors (Lipinski definition) is 0. The maximum absolute atomic E-state index is 12.6. The van der Waals surface area contributed by atoms with Gasteiger partial charge in [0.2, 0.25) is 0 Å². The van der Waals surface area contributed by atoms with Crippen LogP contribution in [0.25, 0.3) is 11.1 Å². The predicted molar refractivity (Wildman–Crippen MR) is 108 cm³/mol. The average Bonchev–Trinajstić information content (AvgIpc) is 2.76. The fraction of sp³-hybridized carbons (Fsp3) is 0.217. The van der Waals surface area contributed by atoms with E-state index in [9.17, 15) is 8.78 Å². The number of nitrogens with zero attached hydrogens (tertiary/aromatic N) is 2. The highest BCUT2D eigenvalue weighted by molar-refractivity contribution is 5.66. The Bertz CT molecular complexity index is 1020. The van der Waals surface area contributed by atoms with Crippen molar-refractivity contribution in [3.63, 3.8) is 0 Å². The molecule has 1 atom stereocenters. The summed E-state index contributed by atoms with van der Waals surface area (Å²) in [7, 11) is 0. The van der Waals surface area contributed by atoms with Crippen molar-refractivity contribution in [3.8, 4) is 16.9 Å². The zero-order valence-electron chi connectivity index (χ0n) is 15.9. The van der Waals surface area contributed by atoms with E-state index in [1.165, 1.54) is 0 Å². The van der Waals surface area contributed by atoms with Gasteiger partial charge in [-0.05, 0) is 59.0 Å². The number of ether oxygens (including phenoxy) is 2. The van der Waals surface area contributed by atoms with Gasteiger partial charge in [-0.15, -0.1) is 0 Å². The number of rotatable bonds is 5. The lowest BCUT2D eigenvalue weighted by Crippen LogP contribution is -2.35. The van der Waals surface area contributed by atoms with E-state index in [2.05, 4.69) is 15.8 Å². The Labute approximate surface area is 167 Å². The lowest BCUT2D eigenvalue weighted by atomic mass is 9.82. The molecule has 4 rings (SSSR count). The predicted octanol–water partition coefficient (Wildman–Crippen LogP) is 5.00. The van der Waals surface area contributed by atoms with Gasteiger partial charge < -0.3 is 9.47 Å². The summed E-state index contributed by atoms with van der Waals surface area (Å²) in [6.45, 7) is -0.320. The molecule has 4 nitrogen and oxygen atoms in total. The van der Waals surface area contributed by atoms with Crippen molar-refractivity contribution in [3.05, 3.63) is 83.7 Å². The van der Waals surface area contributed by atoms with Gasteiger partial charge in [0.15, 0.2) is 0 Å². The number of aryl methyl sites for hydroxylation is 1. The molecule has 3 aromatic rings. The van der Waals surface area contributed by atoms with Gasteiger partial charge in [-0.3, -0.25) is 9.98 Å². The minimum Gasteiger partial charge on any atom is -0.435 e. The molecule has 2 aromatic carbocycles. The van der Waals surface area contributed by atoms with Crippen LogP contribution >= 0.6 is 0 Å². The molecule has 2 heterocycles. The van der Waals surface area contributed by atoms with Gasteiger partial charge in [0.1, 0.15) is 11.3 Å². The summed E-state index contributed by atoms with van der Waals surface area (Å²) in [5, 5.41) is 0. The van der Waals surface area contributed by atoms with Crippen molar-refractivity contribution >= 4 is 6.21 Å². The van der Waals surface area contributed by atoms with Crippen LogP contribution in [0.2, 0.25) is 0 Å². The van der Waals surface area contributed by atoms with Crippen LogP contribution in [0.5, 0.6) is 5.75 Å². The van der Waals surface area contributed by atoms with Crippen LogP contribution in [-0.2, 0) is 10.3 Å². The van der Waals surface area contributed by atoms with Crippen molar-refractivity contribution in [1.29, 1.82) is 0 Å². The third-order valence-electron chi connectivity index (χ3n) is 5.02. The van der Waals surface area contributed by atoms with E-state index in [0.717, 1.165) is 22.3 Å². The lowest BCUT2D eigenvalue weighted by Gasteiger charge is -2.34. The molecule has 0 bridgehead atoms. The first-order valence-corrected chi connectivity index (χ1v) is 9.27. The zero-order chi connectivity index (χ0) is 20.3. The normalized spacial score (nSPS) is 18.8. The minimum atomic E-state index is -2.86. The van der Waals surface area contributed by atoms with Gasteiger partial charge >= 0.3 is 6.61 Å². The number of hydrogen-bond acceptors (Lipinski definition) is 4. The van der Waals surface area contributed by atoms with Crippen LogP contribution in [0.4, 0.5) is 8.78 Å². The van der Waals surface area contributed by atoms with Crippen molar-refractivity contribution in [2.75, 3.05) is 13.2 Å². The number of aliphatic imine (C=N–C) groups is 1. The van der Waals surface area contributed by atoms with Crippen LogP contribution in [-0.4, -0.2) is 31.0 Å². The molecule has 1 aromatic heterocycles. The first-order valence-electron chi connectivity index (χ1n) is 9.27. The number of pyridine rings is 1. The second-order valence-corrected chi connectivity index (χ2v) is 6.87. The van der Waals surface area contributed by atoms with Crippen LogP contribution in [0.15, 0.2) is 72.0 Å². The highest BCUT2D eigenvalue weighted by atomic mass is 19.3. The summed E-state index contributed by atoms with van der Waals surface area (Å²) in [6.07, 6.45) is 5.30. The first kappa shape index (κ1) is 19.2. The van der Waals surface area contributed by atoms with E-state index in [-0.39, 0.29) is 5.75 Å². The van der Waals surface area contributed by atoms with E-state index < -0.39 is 12.2 Å². The van der Waals surface area contributed by atoms with E-state index in [1.54, 1.807) is 31.5 Å². The molecule has 1 aliphatic rings. The number of alkyl halides is 2. The minimum absolute atomic E-state index is 0.156. The summed E-state index contributed by atoms with van der Waals surface area (Å²) in [5.74, 6) is 0.156. The molecule has 29 heavy (non-hydrogen) atoms. The standard InChI is InChI=1S/C23H20F2N2O2/c1-16-12-20(7-8-21(16)29-22(24)25)23(15-28-11-10-27-23)19-6-2-4-17(13-19)18-5-3-9-26-14-18/h2-10,12-14,22H,11,15H2,1H3. The molecule has 148 valence electrons. The van der Waals surface area contributed by atoms with Gasteiger partial charge in [-0.1, -0.05) is 30.3 Å². The van der Waals surface area contributed by atoms with E-state index in [0.29, 0.717) is 18.8 Å². The Kier molecular flexibility index (Phi) is 5.36. The Hall–Kier alpha value is -3.12.